The van der Waals surface area contributed by atoms with Crippen molar-refractivity contribution in [3.05, 3.63) is 11.1 Å². The van der Waals surface area contributed by atoms with Crippen LogP contribution in [-0.2, 0) is 0 Å². The second kappa shape index (κ2) is 3.67. The van der Waals surface area contributed by atoms with E-state index in [0.717, 1.165) is 0 Å². The van der Waals surface area contributed by atoms with Crippen molar-refractivity contribution < 1.29 is 13.2 Å². The molecule has 1 aliphatic heterocycles. The summed E-state index contributed by atoms with van der Waals surface area (Å²) >= 11 is 4.73. The molecular weight excluding hydrogens is 237 g/mol. The van der Waals surface area contributed by atoms with Gasteiger partial charge in [-0.1, -0.05) is 12.2 Å². The molecule has 2 nitrogen and oxygen atoms in total. The first kappa shape index (κ1) is 11.3. The summed E-state index contributed by atoms with van der Waals surface area (Å²) in [5.74, 6) is -0.749. The third-order valence-corrected chi connectivity index (χ3v) is 3.12. The van der Waals surface area contributed by atoms with Gasteiger partial charge in [-0.15, -0.1) is 0 Å². The summed E-state index contributed by atoms with van der Waals surface area (Å²) in [4.78, 5) is 3.71. The Kier molecular flexibility index (Phi) is 2.58. The zero-order chi connectivity index (χ0) is 11.9. The monoisotopic (exact) mass is 244 g/mol. The van der Waals surface area contributed by atoms with Crippen LogP contribution in [0, 0.1) is 17.2 Å². The Bertz CT molecular complexity index is 454. The summed E-state index contributed by atoms with van der Waals surface area (Å²) < 4.78 is 38.6. The zero-order valence-corrected chi connectivity index (χ0v) is 8.95. The van der Waals surface area contributed by atoms with Crippen LogP contribution in [0.15, 0.2) is 16.1 Å². The molecule has 1 atom stereocenters. The first-order valence-corrected chi connectivity index (χ1v) is 5.19. The lowest BCUT2D eigenvalue weighted by molar-refractivity contribution is -0.0968. The lowest BCUT2D eigenvalue weighted by atomic mass is 9.89. The van der Waals surface area contributed by atoms with E-state index in [9.17, 15) is 13.2 Å². The van der Waals surface area contributed by atoms with Gasteiger partial charge in [-0.2, -0.15) is 18.4 Å². The van der Waals surface area contributed by atoms with E-state index in [1.807, 2.05) is 0 Å². The minimum absolute atomic E-state index is 0.219. The number of hydrogen-bond acceptors (Lipinski definition) is 2. The van der Waals surface area contributed by atoms with Gasteiger partial charge in [0.2, 0.25) is 0 Å². The minimum atomic E-state index is -4.49. The van der Waals surface area contributed by atoms with Crippen LogP contribution < -0.4 is 0 Å². The third kappa shape index (κ3) is 1.65. The zero-order valence-electron chi connectivity index (χ0n) is 8.14. The van der Waals surface area contributed by atoms with E-state index in [1.165, 1.54) is 6.07 Å². The molecule has 1 heterocycles. The first-order chi connectivity index (χ1) is 7.45. The number of nitrogens with zero attached hydrogens (tertiary/aromatic N) is 2. The second-order valence-electron chi connectivity index (χ2n) is 3.75. The predicted molar refractivity (Wildman–Crippen MR) is 56.1 cm³/mol. The molecule has 0 aromatic carbocycles. The van der Waals surface area contributed by atoms with Gasteiger partial charge in [-0.3, -0.25) is 0 Å². The average molecular weight is 244 g/mol. The quantitative estimate of drug-likeness (QED) is 0.614. The molecule has 0 N–H and O–H groups in total. The molecule has 2 rings (SSSR count). The van der Waals surface area contributed by atoms with Crippen LogP contribution >= 0.6 is 12.2 Å². The molecular formula is C10H7F3N2S. The van der Waals surface area contributed by atoms with Gasteiger partial charge >= 0.3 is 6.18 Å². The van der Waals surface area contributed by atoms with Crippen LogP contribution in [0.2, 0.25) is 0 Å². The SMILES string of the molecule is N#CC1=C(C(F)(F)F)C2CCCC2=NC1=S. The van der Waals surface area contributed by atoms with Gasteiger partial charge in [0.15, 0.2) is 0 Å². The number of aliphatic imine (C=N–C) groups is 1. The Morgan fingerprint density at radius 1 is 1.44 bits per heavy atom. The van der Waals surface area contributed by atoms with Gasteiger partial charge in [0.1, 0.15) is 11.1 Å². The fraction of sp³-hybridized carbons (Fsp3) is 0.500. The maximum absolute atomic E-state index is 12.9. The fourth-order valence-electron chi connectivity index (χ4n) is 2.20. The minimum Gasteiger partial charge on any atom is -0.244 e. The second-order valence-corrected chi connectivity index (χ2v) is 4.14. The van der Waals surface area contributed by atoms with Crippen molar-refractivity contribution in [2.45, 2.75) is 25.4 Å². The number of fused-ring (bicyclic) bond motifs is 1. The Morgan fingerprint density at radius 3 is 2.69 bits per heavy atom. The lowest BCUT2D eigenvalue weighted by Gasteiger charge is -2.23. The van der Waals surface area contributed by atoms with Gasteiger partial charge in [-0.05, 0) is 19.3 Å². The fourth-order valence-corrected chi connectivity index (χ4v) is 2.47. The summed E-state index contributed by atoms with van der Waals surface area (Å²) in [6, 6.07) is 1.53. The number of dihydropyridines is 1. The van der Waals surface area contributed by atoms with E-state index >= 15 is 0 Å². The largest absolute Gasteiger partial charge is 0.414 e. The molecule has 1 aliphatic carbocycles. The first-order valence-electron chi connectivity index (χ1n) is 4.78. The summed E-state index contributed by atoms with van der Waals surface area (Å²) in [5, 5.41) is 8.75. The lowest BCUT2D eigenvalue weighted by Crippen LogP contribution is -2.29. The van der Waals surface area contributed by atoms with Crippen LogP contribution in [0.25, 0.3) is 0 Å². The Morgan fingerprint density at radius 2 is 2.12 bits per heavy atom. The molecule has 6 heteroatoms. The molecule has 0 aromatic heterocycles. The highest BCUT2D eigenvalue weighted by Crippen LogP contribution is 2.43. The van der Waals surface area contributed by atoms with E-state index in [1.54, 1.807) is 0 Å². The van der Waals surface area contributed by atoms with Crippen molar-refractivity contribution in [1.29, 1.82) is 5.26 Å². The topological polar surface area (TPSA) is 36.1 Å². The van der Waals surface area contributed by atoms with Crippen molar-refractivity contribution in [2.75, 3.05) is 0 Å². The Hall–Kier alpha value is -1.22. The normalized spacial score (nSPS) is 25.2. The Balaban J connectivity index is 2.58. The molecule has 0 spiro atoms. The molecule has 16 heavy (non-hydrogen) atoms. The van der Waals surface area contributed by atoms with Gasteiger partial charge in [0, 0.05) is 11.6 Å². The van der Waals surface area contributed by atoms with Crippen molar-refractivity contribution >= 4 is 22.9 Å². The number of halogens is 3. The van der Waals surface area contributed by atoms with Crippen molar-refractivity contribution in [2.24, 2.45) is 10.9 Å². The van der Waals surface area contributed by atoms with Gasteiger partial charge < -0.3 is 0 Å². The van der Waals surface area contributed by atoms with Gasteiger partial charge in [0.05, 0.1) is 11.1 Å². The molecule has 0 saturated heterocycles. The summed E-state index contributed by atoms with van der Waals surface area (Å²) in [6.07, 6.45) is -2.87. The van der Waals surface area contributed by atoms with Gasteiger partial charge in [-0.25, -0.2) is 4.99 Å². The number of allylic oxidation sites excluding steroid dienone is 1. The number of thiocarbonyl (C=S) groups is 1. The maximum atomic E-state index is 12.9. The smallest absolute Gasteiger partial charge is 0.244 e. The van der Waals surface area contributed by atoms with Crippen molar-refractivity contribution in [3.8, 4) is 6.07 Å². The van der Waals surface area contributed by atoms with E-state index in [-0.39, 0.29) is 4.99 Å². The molecule has 0 aromatic rings. The molecule has 1 unspecified atom stereocenters. The molecule has 1 fully saturated rings. The van der Waals surface area contributed by atoms with Crippen LogP contribution in [0.4, 0.5) is 13.2 Å². The van der Waals surface area contributed by atoms with E-state index in [4.69, 9.17) is 17.5 Å². The molecule has 2 aliphatic rings. The molecule has 0 bridgehead atoms. The molecule has 1 saturated carbocycles. The van der Waals surface area contributed by atoms with Crippen LogP contribution in [0.5, 0.6) is 0 Å². The van der Waals surface area contributed by atoms with Crippen LogP contribution in [-0.4, -0.2) is 16.9 Å². The highest BCUT2D eigenvalue weighted by atomic mass is 32.1. The molecule has 0 radical (unpaired) electrons. The summed E-state index contributed by atoms with van der Waals surface area (Å²) in [6.45, 7) is 0. The number of alkyl halides is 3. The number of nitriles is 1. The highest BCUT2D eigenvalue weighted by molar-refractivity contribution is 7.80. The molecule has 0 amide bonds. The van der Waals surface area contributed by atoms with Crippen LogP contribution in [0.1, 0.15) is 19.3 Å². The van der Waals surface area contributed by atoms with Crippen molar-refractivity contribution in [1.82, 2.24) is 0 Å². The van der Waals surface area contributed by atoms with E-state index in [0.29, 0.717) is 25.0 Å². The van der Waals surface area contributed by atoms with E-state index in [2.05, 4.69) is 4.99 Å². The summed E-state index contributed by atoms with van der Waals surface area (Å²) in [5.41, 5.74) is -0.781. The average Bonchev–Trinajstić information content (AvgIpc) is 2.60. The maximum Gasteiger partial charge on any atom is 0.414 e. The highest BCUT2D eigenvalue weighted by Gasteiger charge is 2.47. The molecule has 84 valence electrons. The Labute approximate surface area is 95.5 Å². The predicted octanol–water partition coefficient (Wildman–Crippen LogP) is 2.95. The van der Waals surface area contributed by atoms with Crippen molar-refractivity contribution in [3.63, 3.8) is 0 Å². The van der Waals surface area contributed by atoms with Crippen LogP contribution in [0.3, 0.4) is 0 Å². The summed E-state index contributed by atoms with van der Waals surface area (Å²) in [7, 11) is 0. The number of hydrogen-bond donors (Lipinski definition) is 0. The van der Waals surface area contributed by atoms with E-state index < -0.39 is 23.2 Å². The third-order valence-electron chi connectivity index (χ3n) is 2.82. The van der Waals surface area contributed by atoms with Gasteiger partial charge in [0.25, 0.3) is 0 Å². The number of rotatable bonds is 0. The standard InChI is InChI=1S/C10H7F3N2S/c11-10(12,13)8-5-2-1-3-7(5)15-9(16)6(8)4-14/h5H,1-3H2.